The van der Waals surface area contributed by atoms with Crippen LogP contribution in [0.1, 0.15) is 22.9 Å². The van der Waals surface area contributed by atoms with Gasteiger partial charge in [0, 0.05) is 12.1 Å². The SMILES string of the molecule is COc1ccc(C2CC(c3cccs3)=NN2C(=S)Nc2ccccc2)cc1. The van der Waals surface area contributed by atoms with Crippen molar-refractivity contribution in [2.24, 2.45) is 5.10 Å². The second-order valence-electron chi connectivity index (χ2n) is 6.16. The summed E-state index contributed by atoms with van der Waals surface area (Å²) in [4.78, 5) is 1.18. The molecule has 3 aromatic rings. The van der Waals surface area contributed by atoms with E-state index in [0.29, 0.717) is 5.11 Å². The number of para-hydroxylation sites is 1. The maximum atomic E-state index is 5.69. The number of nitrogens with zero attached hydrogens (tertiary/aromatic N) is 2. The Hall–Kier alpha value is -2.70. The quantitative estimate of drug-likeness (QED) is 0.610. The summed E-state index contributed by atoms with van der Waals surface area (Å²) in [7, 11) is 1.67. The molecule has 4 rings (SSSR count). The molecule has 0 amide bonds. The average molecular weight is 394 g/mol. The third-order valence-corrected chi connectivity index (χ3v) is 5.66. The predicted molar refractivity (Wildman–Crippen MR) is 116 cm³/mol. The highest BCUT2D eigenvalue weighted by Gasteiger charge is 2.31. The molecule has 6 heteroatoms. The van der Waals surface area contributed by atoms with Crippen molar-refractivity contribution in [2.75, 3.05) is 12.4 Å². The van der Waals surface area contributed by atoms with E-state index >= 15 is 0 Å². The van der Waals surface area contributed by atoms with E-state index in [2.05, 4.69) is 28.9 Å². The van der Waals surface area contributed by atoms with Gasteiger partial charge in [0.25, 0.3) is 0 Å². The molecule has 0 saturated heterocycles. The van der Waals surface area contributed by atoms with Crippen molar-refractivity contribution in [1.29, 1.82) is 0 Å². The highest BCUT2D eigenvalue weighted by Crippen LogP contribution is 2.35. The lowest BCUT2D eigenvalue weighted by Crippen LogP contribution is -2.31. The maximum absolute atomic E-state index is 5.69. The minimum atomic E-state index is 0.0525. The number of hydrogen-bond acceptors (Lipinski definition) is 4. The Kier molecular flexibility index (Phi) is 5.18. The summed E-state index contributed by atoms with van der Waals surface area (Å²) in [5.41, 5.74) is 3.17. The summed E-state index contributed by atoms with van der Waals surface area (Å²) in [6, 6.07) is 22.3. The van der Waals surface area contributed by atoms with Crippen LogP contribution in [0.2, 0.25) is 0 Å². The monoisotopic (exact) mass is 393 g/mol. The molecule has 0 radical (unpaired) electrons. The Morgan fingerprint density at radius 1 is 1.11 bits per heavy atom. The van der Waals surface area contributed by atoms with Crippen LogP contribution in [0.3, 0.4) is 0 Å². The first-order valence-electron chi connectivity index (χ1n) is 8.65. The van der Waals surface area contributed by atoms with Crippen molar-refractivity contribution in [3.05, 3.63) is 82.6 Å². The maximum Gasteiger partial charge on any atom is 0.194 e. The Bertz CT molecular complexity index is 937. The number of benzene rings is 2. The summed E-state index contributed by atoms with van der Waals surface area (Å²) in [6.45, 7) is 0. The van der Waals surface area contributed by atoms with E-state index in [0.717, 1.165) is 29.1 Å². The van der Waals surface area contributed by atoms with Crippen LogP contribution in [0.5, 0.6) is 5.75 Å². The number of hydrogen-bond donors (Lipinski definition) is 1. The van der Waals surface area contributed by atoms with Gasteiger partial charge in [-0.25, -0.2) is 5.01 Å². The summed E-state index contributed by atoms with van der Waals surface area (Å²) in [6.07, 6.45) is 0.809. The van der Waals surface area contributed by atoms with E-state index in [1.54, 1.807) is 18.4 Å². The molecule has 1 unspecified atom stereocenters. The number of rotatable bonds is 4. The lowest BCUT2D eigenvalue weighted by Gasteiger charge is -2.25. The van der Waals surface area contributed by atoms with Gasteiger partial charge in [-0.05, 0) is 53.5 Å². The van der Waals surface area contributed by atoms with Crippen LogP contribution >= 0.6 is 23.6 Å². The van der Waals surface area contributed by atoms with Gasteiger partial charge in [-0.1, -0.05) is 36.4 Å². The van der Waals surface area contributed by atoms with E-state index in [1.807, 2.05) is 53.5 Å². The number of nitrogens with one attached hydrogen (secondary N) is 1. The molecule has 1 atom stereocenters. The van der Waals surface area contributed by atoms with E-state index in [4.69, 9.17) is 22.1 Å². The van der Waals surface area contributed by atoms with Crippen molar-refractivity contribution < 1.29 is 4.74 Å². The van der Waals surface area contributed by atoms with Gasteiger partial charge in [-0.3, -0.25) is 0 Å². The summed E-state index contributed by atoms with van der Waals surface area (Å²) < 4.78 is 5.29. The van der Waals surface area contributed by atoms with Gasteiger partial charge in [0.15, 0.2) is 5.11 Å². The van der Waals surface area contributed by atoms with Crippen LogP contribution in [0, 0.1) is 0 Å². The van der Waals surface area contributed by atoms with Crippen LogP contribution in [0.4, 0.5) is 5.69 Å². The van der Waals surface area contributed by atoms with Gasteiger partial charge in [-0.15, -0.1) is 11.3 Å². The summed E-state index contributed by atoms with van der Waals surface area (Å²) in [5, 5.41) is 12.7. The van der Waals surface area contributed by atoms with Crippen molar-refractivity contribution in [3.63, 3.8) is 0 Å². The zero-order chi connectivity index (χ0) is 18.6. The van der Waals surface area contributed by atoms with Gasteiger partial charge >= 0.3 is 0 Å². The summed E-state index contributed by atoms with van der Waals surface area (Å²) in [5.74, 6) is 0.840. The van der Waals surface area contributed by atoms with Crippen LogP contribution in [0.15, 0.2) is 77.2 Å². The van der Waals surface area contributed by atoms with Crippen molar-refractivity contribution in [1.82, 2.24) is 5.01 Å². The fourth-order valence-electron chi connectivity index (χ4n) is 3.08. The molecule has 4 nitrogen and oxygen atoms in total. The minimum absolute atomic E-state index is 0.0525. The lowest BCUT2D eigenvalue weighted by atomic mass is 10.0. The van der Waals surface area contributed by atoms with Gasteiger partial charge in [-0.2, -0.15) is 5.10 Å². The molecular formula is C21H19N3OS2. The number of thiophene rings is 1. The highest BCUT2D eigenvalue weighted by atomic mass is 32.1. The Morgan fingerprint density at radius 3 is 2.56 bits per heavy atom. The summed E-state index contributed by atoms with van der Waals surface area (Å²) >= 11 is 7.39. The van der Waals surface area contributed by atoms with Gasteiger partial charge in [0.05, 0.1) is 23.7 Å². The first kappa shape index (κ1) is 17.7. The molecule has 0 bridgehead atoms. The molecule has 1 aromatic heterocycles. The van der Waals surface area contributed by atoms with Gasteiger partial charge in [0.1, 0.15) is 5.75 Å². The molecule has 0 saturated carbocycles. The first-order valence-corrected chi connectivity index (χ1v) is 9.94. The second-order valence-corrected chi connectivity index (χ2v) is 7.49. The molecule has 0 spiro atoms. The average Bonchev–Trinajstić information content (AvgIpc) is 3.39. The standard InChI is InChI=1S/C21H19N3OS2/c1-25-17-11-9-15(10-12-17)19-14-18(20-8-5-13-27-20)23-24(19)21(26)22-16-6-3-2-4-7-16/h2-13,19H,14H2,1H3,(H,22,26). The Labute approximate surface area is 168 Å². The van der Waals surface area contributed by atoms with E-state index < -0.39 is 0 Å². The molecule has 0 aliphatic carbocycles. The zero-order valence-corrected chi connectivity index (χ0v) is 16.5. The van der Waals surface area contributed by atoms with E-state index in [9.17, 15) is 0 Å². The number of ether oxygens (including phenoxy) is 1. The second kappa shape index (κ2) is 7.90. The smallest absolute Gasteiger partial charge is 0.194 e. The normalized spacial score (nSPS) is 16.1. The zero-order valence-electron chi connectivity index (χ0n) is 14.8. The van der Waals surface area contributed by atoms with E-state index in [1.165, 1.54) is 4.88 Å². The Morgan fingerprint density at radius 2 is 1.89 bits per heavy atom. The molecular weight excluding hydrogens is 374 g/mol. The molecule has 0 fully saturated rings. The highest BCUT2D eigenvalue weighted by molar-refractivity contribution is 7.80. The number of anilines is 1. The van der Waals surface area contributed by atoms with Crippen molar-refractivity contribution in [2.45, 2.75) is 12.5 Å². The molecule has 1 aliphatic rings. The largest absolute Gasteiger partial charge is 0.497 e. The van der Waals surface area contributed by atoms with Gasteiger partial charge < -0.3 is 10.1 Å². The van der Waals surface area contributed by atoms with E-state index in [-0.39, 0.29) is 6.04 Å². The third kappa shape index (κ3) is 3.86. The molecule has 136 valence electrons. The topological polar surface area (TPSA) is 36.9 Å². The lowest BCUT2D eigenvalue weighted by molar-refractivity contribution is 0.374. The number of thiocarbonyl (C=S) groups is 1. The minimum Gasteiger partial charge on any atom is -0.497 e. The number of methoxy groups -OCH3 is 1. The van der Waals surface area contributed by atoms with Crippen LogP contribution in [0.25, 0.3) is 0 Å². The van der Waals surface area contributed by atoms with Gasteiger partial charge in [0.2, 0.25) is 0 Å². The first-order chi connectivity index (χ1) is 13.2. The van der Waals surface area contributed by atoms with Crippen LogP contribution in [-0.4, -0.2) is 22.9 Å². The molecule has 1 aliphatic heterocycles. The van der Waals surface area contributed by atoms with Crippen LogP contribution < -0.4 is 10.1 Å². The third-order valence-electron chi connectivity index (χ3n) is 4.45. The molecule has 27 heavy (non-hydrogen) atoms. The Balaban J connectivity index is 1.63. The fourth-order valence-corrected chi connectivity index (χ4v) is 4.08. The molecule has 2 aromatic carbocycles. The fraction of sp³-hybridized carbons (Fsp3) is 0.143. The van der Waals surface area contributed by atoms with Crippen molar-refractivity contribution >= 4 is 40.1 Å². The molecule has 1 N–H and O–H groups in total. The molecule has 2 heterocycles. The predicted octanol–water partition coefficient (Wildman–Crippen LogP) is 5.30. The van der Waals surface area contributed by atoms with Crippen molar-refractivity contribution in [3.8, 4) is 5.75 Å². The number of hydrazone groups is 1. The van der Waals surface area contributed by atoms with Crippen LogP contribution in [-0.2, 0) is 0 Å².